The van der Waals surface area contributed by atoms with E-state index in [0.29, 0.717) is 0 Å². The van der Waals surface area contributed by atoms with Crippen molar-refractivity contribution in [2.24, 2.45) is 5.92 Å². The van der Waals surface area contributed by atoms with Gasteiger partial charge in [0.2, 0.25) is 0 Å². The molecule has 2 atom stereocenters. The smallest absolute Gasteiger partial charge is 0.308 e. The molecular formula is C17H13BrO2. The molecule has 0 spiro atoms. The average Bonchev–Trinajstić information content (AvgIpc) is 2.47. The molecule has 5 rings (SSSR count). The first-order valence-electron chi connectivity index (χ1n) is 6.74. The monoisotopic (exact) mass is 328 g/mol. The van der Waals surface area contributed by atoms with E-state index < -0.39 is 11.9 Å². The quantitative estimate of drug-likeness (QED) is 0.809. The first-order valence-corrected chi connectivity index (χ1v) is 7.66. The van der Waals surface area contributed by atoms with Gasteiger partial charge in [0, 0.05) is 16.7 Å². The van der Waals surface area contributed by atoms with Crippen molar-refractivity contribution in [3.63, 3.8) is 0 Å². The minimum Gasteiger partial charge on any atom is -0.481 e. The zero-order chi connectivity index (χ0) is 13.9. The molecule has 1 N–H and O–H groups in total. The highest BCUT2D eigenvalue weighted by molar-refractivity contribution is 9.09. The van der Waals surface area contributed by atoms with Gasteiger partial charge in [-0.25, -0.2) is 0 Å². The van der Waals surface area contributed by atoms with Gasteiger partial charge in [0.15, 0.2) is 0 Å². The zero-order valence-electron chi connectivity index (χ0n) is 10.7. The van der Waals surface area contributed by atoms with E-state index in [1.165, 1.54) is 22.3 Å². The van der Waals surface area contributed by atoms with E-state index in [0.717, 1.165) is 0 Å². The lowest BCUT2D eigenvalue weighted by Crippen LogP contribution is -2.44. The van der Waals surface area contributed by atoms with E-state index in [2.05, 4.69) is 40.2 Å². The fraction of sp³-hybridized carbons (Fsp3) is 0.235. The molecule has 0 radical (unpaired) electrons. The van der Waals surface area contributed by atoms with Crippen LogP contribution in [0.25, 0.3) is 0 Å². The summed E-state index contributed by atoms with van der Waals surface area (Å²) in [5.41, 5.74) is 4.91. The van der Waals surface area contributed by atoms with Gasteiger partial charge in [0.1, 0.15) is 0 Å². The topological polar surface area (TPSA) is 37.3 Å². The summed E-state index contributed by atoms with van der Waals surface area (Å²) < 4.78 is 0. The van der Waals surface area contributed by atoms with Crippen molar-refractivity contribution < 1.29 is 9.90 Å². The average molecular weight is 329 g/mol. The summed E-state index contributed by atoms with van der Waals surface area (Å²) in [5, 5.41) is 9.65. The van der Waals surface area contributed by atoms with Crippen molar-refractivity contribution in [1.29, 1.82) is 0 Å². The molecule has 3 aliphatic carbocycles. The van der Waals surface area contributed by atoms with Gasteiger partial charge in [0.05, 0.1) is 5.92 Å². The molecule has 3 aliphatic rings. The number of carboxylic acid groups (broad SMARTS) is 1. The molecule has 20 heavy (non-hydrogen) atoms. The number of halogens is 1. The number of rotatable bonds is 1. The third kappa shape index (κ3) is 1.41. The van der Waals surface area contributed by atoms with Crippen LogP contribution in [0.5, 0.6) is 0 Å². The maximum Gasteiger partial charge on any atom is 0.308 e. The van der Waals surface area contributed by atoms with Crippen LogP contribution in [-0.2, 0) is 4.79 Å². The Labute approximate surface area is 125 Å². The van der Waals surface area contributed by atoms with Crippen LogP contribution in [0.4, 0.5) is 0 Å². The third-order valence-electron chi connectivity index (χ3n) is 4.64. The van der Waals surface area contributed by atoms with E-state index in [9.17, 15) is 9.90 Å². The van der Waals surface area contributed by atoms with Crippen LogP contribution in [-0.4, -0.2) is 15.9 Å². The Balaban J connectivity index is 2.04. The van der Waals surface area contributed by atoms with Crippen molar-refractivity contribution in [3.05, 3.63) is 70.8 Å². The predicted octanol–water partition coefficient (Wildman–Crippen LogP) is 3.74. The minimum absolute atomic E-state index is 0.0465. The maximum atomic E-state index is 11.7. The summed E-state index contributed by atoms with van der Waals surface area (Å²) in [6.07, 6.45) is 0. The highest BCUT2D eigenvalue weighted by Crippen LogP contribution is 2.57. The summed E-state index contributed by atoms with van der Waals surface area (Å²) in [5.74, 6) is -1.03. The SMILES string of the molecule is O=C(O)[C@@H]1C2c3ccccc3C(c3ccccc32)[C@H]1Br. The van der Waals surface area contributed by atoms with Gasteiger partial charge < -0.3 is 5.11 Å². The predicted molar refractivity (Wildman–Crippen MR) is 80.4 cm³/mol. The second-order valence-electron chi connectivity index (χ2n) is 5.52. The van der Waals surface area contributed by atoms with Crippen LogP contribution in [0.3, 0.4) is 0 Å². The molecule has 0 fully saturated rings. The zero-order valence-corrected chi connectivity index (χ0v) is 12.2. The Bertz CT molecular complexity index is 662. The van der Waals surface area contributed by atoms with Crippen molar-refractivity contribution in [2.75, 3.05) is 0 Å². The first-order chi connectivity index (χ1) is 9.70. The van der Waals surface area contributed by atoms with E-state index in [4.69, 9.17) is 0 Å². The Morgan fingerprint density at radius 3 is 1.65 bits per heavy atom. The standard InChI is InChI=1S/C17H13BrO2/c18-16-14-11-7-3-1-5-9(11)13(15(16)17(19)20)10-6-2-4-8-12(10)14/h1-8,13-16H,(H,19,20)/t13?,14?,15-,16-/m1/s1. The lowest BCUT2D eigenvalue weighted by molar-refractivity contribution is -0.142. The lowest BCUT2D eigenvalue weighted by atomic mass is 9.59. The van der Waals surface area contributed by atoms with Gasteiger partial charge in [-0.1, -0.05) is 64.5 Å². The Morgan fingerprint density at radius 2 is 1.25 bits per heavy atom. The van der Waals surface area contributed by atoms with E-state index in [-0.39, 0.29) is 16.7 Å². The normalized spacial score (nSPS) is 29.6. The van der Waals surface area contributed by atoms with Crippen LogP contribution in [0.1, 0.15) is 34.1 Å². The van der Waals surface area contributed by atoms with Gasteiger partial charge in [0.25, 0.3) is 0 Å². The maximum absolute atomic E-state index is 11.7. The molecule has 0 saturated carbocycles. The molecule has 2 aromatic rings. The second kappa shape index (κ2) is 4.19. The van der Waals surface area contributed by atoms with E-state index in [1.54, 1.807) is 0 Å². The molecule has 0 aliphatic heterocycles. The van der Waals surface area contributed by atoms with Gasteiger partial charge in [-0.3, -0.25) is 4.79 Å². The number of hydrogen-bond acceptors (Lipinski definition) is 1. The number of alkyl halides is 1. The number of carbonyl (C=O) groups is 1. The molecule has 0 amide bonds. The van der Waals surface area contributed by atoms with Crippen molar-refractivity contribution in [2.45, 2.75) is 16.7 Å². The molecule has 2 aromatic carbocycles. The van der Waals surface area contributed by atoms with Crippen molar-refractivity contribution in [1.82, 2.24) is 0 Å². The number of carboxylic acids is 1. The molecule has 100 valence electrons. The van der Waals surface area contributed by atoms with Crippen molar-refractivity contribution >= 4 is 21.9 Å². The molecule has 2 nitrogen and oxygen atoms in total. The largest absolute Gasteiger partial charge is 0.481 e. The van der Waals surface area contributed by atoms with E-state index in [1.807, 2.05) is 24.3 Å². The molecule has 0 aromatic heterocycles. The van der Waals surface area contributed by atoms with E-state index >= 15 is 0 Å². The molecule has 0 unspecified atom stereocenters. The summed E-state index contributed by atoms with van der Waals surface area (Å²) in [6, 6.07) is 16.5. The number of benzene rings is 2. The Hall–Kier alpha value is -1.61. The molecular weight excluding hydrogens is 316 g/mol. The van der Waals surface area contributed by atoms with Crippen LogP contribution < -0.4 is 0 Å². The fourth-order valence-corrected chi connectivity index (χ4v) is 4.99. The highest BCUT2D eigenvalue weighted by atomic mass is 79.9. The summed E-state index contributed by atoms with van der Waals surface area (Å²) in [7, 11) is 0. The molecule has 0 heterocycles. The number of aliphatic carboxylic acids is 1. The molecule has 2 bridgehead atoms. The third-order valence-corrected chi connectivity index (χ3v) is 5.74. The summed E-state index contributed by atoms with van der Waals surface area (Å²) >= 11 is 3.67. The second-order valence-corrected chi connectivity index (χ2v) is 6.58. The fourth-order valence-electron chi connectivity index (χ4n) is 3.89. The first kappa shape index (κ1) is 12.2. The summed E-state index contributed by atoms with van der Waals surface area (Å²) in [6.45, 7) is 0. The van der Waals surface area contributed by atoms with Crippen LogP contribution in [0.2, 0.25) is 0 Å². The molecule has 3 heteroatoms. The summed E-state index contributed by atoms with van der Waals surface area (Å²) in [4.78, 5) is 11.7. The van der Waals surface area contributed by atoms with Crippen LogP contribution in [0, 0.1) is 5.92 Å². The number of fused-ring (bicyclic) bond motifs is 1. The van der Waals surface area contributed by atoms with Gasteiger partial charge in [-0.15, -0.1) is 0 Å². The number of hydrogen-bond donors (Lipinski definition) is 1. The van der Waals surface area contributed by atoms with Crippen LogP contribution >= 0.6 is 15.9 Å². The lowest BCUT2D eigenvalue weighted by Gasteiger charge is -2.47. The van der Waals surface area contributed by atoms with Crippen LogP contribution in [0.15, 0.2) is 48.5 Å². The van der Waals surface area contributed by atoms with Gasteiger partial charge >= 0.3 is 5.97 Å². The van der Waals surface area contributed by atoms with Crippen molar-refractivity contribution in [3.8, 4) is 0 Å². The Morgan fingerprint density at radius 1 is 0.850 bits per heavy atom. The molecule has 0 saturated heterocycles. The van der Waals surface area contributed by atoms with Gasteiger partial charge in [-0.2, -0.15) is 0 Å². The highest BCUT2D eigenvalue weighted by Gasteiger charge is 2.51. The Kier molecular flexibility index (Phi) is 2.55. The van der Waals surface area contributed by atoms with Gasteiger partial charge in [-0.05, 0) is 22.3 Å². The minimum atomic E-state index is -0.717.